The van der Waals surface area contributed by atoms with E-state index in [0.29, 0.717) is 13.1 Å². The quantitative estimate of drug-likeness (QED) is 0.792. The second-order valence-electron chi connectivity index (χ2n) is 4.79. The molecule has 1 atom stereocenters. The van der Waals surface area contributed by atoms with Crippen molar-refractivity contribution in [3.05, 3.63) is 23.8 Å². The summed E-state index contributed by atoms with van der Waals surface area (Å²) >= 11 is 0. The molecule has 0 aliphatic heterocycles. The second kappa shape index (κ2) is 7.75. The Morgan fingerprint density at radius 1 is 1.25 bits per heavy atom. The van der Waals surface area contributed by atoms with E-state index in [4.69, 9.17) is 14.6 Å². The zero-order valence-corrected chi connectivity index (χ0v) is 12.5. The molecule has 1 unspecified atom stereocenters. The minimum absolute atomic E-state index is 0.387. The van der Waals surface area contributed by atoms with Crippen molar-refractivity contribution < 1.29 is 19.4 Å². The van der Waals surface area contributed by atoms with Gasteiger partial charge in [0.25, 0.3) is 0 Å². The molecule has 1 N–H and O–H groups in total. The third kappa shape index (κ3) is 4.74. The molecule has 0 aromatic heterocycles. The van der Waals surface area contributed by atoms with E-state index in [9.17, 15) is 4.79 Å². The Morgan fingerprint density at radius 3 is 2.20 bits per heavy atom. The number of hydrogen-bond donors (Lipinski definition) is 1. The first-order chi connectivity index (χ1) is 9.49. The van der Waals surface area contributed by atoms with Crippen LogP contribution >= 0.6 is 0 Å². The number of rotatable bonds is 8. The summed E-state index contributed by atoms with van der Waals surface area (Å²) in [6.45, 7) is 5.72. The molecular formula is C15H23NO4. The number of carbonyl (C=O) groups is 1. The SMILES string of the molecule is CCN(Cc1cc(OC)cc(OC)c1)CC(C)C(=O)O. The van der Waals surface area contributed by atoms with Crippen molar-refractivity contribution in [3.63, 3.8) is 0 Å². The van der Waals surface area contributed by atoms with E-state index in [1.807, 2.05) is 25.1 Å². The van der Waals surface area contributed by atoms with Crippen molar-refractivity contribution in [1.82, 2.24) is 4.90 Å². The highest BCUT2D eigenvalue weighted by Gasteiger charge is 2.15. The summed E-state index contributed by atoms with van der Waals surface area (Å²) < 4.78 is 10.5. The van der Waals surface area contributed by atoms with Gasteiger partial charge in [-0.05, 0) is 24.2 Å². The van der Waals surface area contributed by atoms with Crippen LogP contribution in [0.2, 0.25) is 0 Å². The first-order valence-electron chi connectivity index (χ1n) is 6.67. The maximum absolute atomic E-state index is 10.9. The summed E-state index contributed by atoms with van der Waals surface area (Å²) in [5.74, 6) is 0.317. The topological polar surface area (TPSA) is 59.0 Å². The summed E-state index contributed by atoms with van der Waals surface area (Å²) in [5, 5.41) is 8.99. The van der Waals surface area contributed by atoms with Gasteiger partial charge in [-0.3, -0.25) is 9.69 Å². The second-order valence-corrected chi connectivity index (χ2v) is 4.79. The maximum Gasteiger partial charge on any atom is 0.307 e. The Balaban J connectivity index is 2.81. The fourth-order valence-electron chi connectivity index (χ4n) is 1.99. The zero-order valence-electron chi connectivity index (χ0n) is 12.5. The van der Waals surface area contributed by atoms with Gasteiger partial charge in [-0.1, -0.05) is 13.8 Å². The molecule has 0 spiro atoms. The highest BCUT2D eigenvalue weighted by molar-refractivity contribution is 5.69. The largest absolute Gasteiger partial charge is 0.497 e. The smallest absolute Gasteiger partial charge is 0.307 e. The van der Waals surface area contributed by atoms with Crippen molar-refractivity contribution >= 4 is 5.97 Å². The van der Waals surface area contributed by atoms with Gasteiger partial charge in [0.1, 0.15) is 11.5 Å². The van der Waals surface area contributed by atoms with Crippen LogP contribution in [0.5, 0.6) is 11.5 Å². The van der Waals surface area contributed by atoms with Crippen LogP contribution in [0.4, 0.5) is 0 Å². The molecule has 0 saturated carbocycles. The molecule has 0 saturated heterocycles. The van der Waals surface area contributed by atoms with Gasteiger partial charge in [-0.2, -0.15) is 0 Å². The maximum atomic E-state index is 10.9. The molecule has 0 radical (unpaired) electrons. The van der Waals surface area contributed by atoms with E-state index in [0.717, 1.165) is 23.6 Å². The number of aliphatic carboxylic acids is 1. The highest BCUT2D eigenvalue weighted by atomic mass is 16.5. The van der Waals surface area contributed by atoms with Crippen LogP contribution in [0, 0.1) is 5.92 Å². The van der Waals surface area contributed by atoms with Gasteiger partial charge in [0.05, 0.1) is 20.1 Å². The molecule has 0 aliphatic rings. The van der Waals surface area contributed by atoms with Gasteiger partial charge in [0.15, 0.2) is 0 Å². The van der Waals surface area contributed by atoms with Gasteiger partial charge in [-0.15, -0.1) is 0 Å². The van der Waals surface area contributed by atoms with Crippen LogP contribution in [-0.4, -0.2) is 43.3 Å². The van der Waals surface area contributed by atoms with Crippen LogP contribution in [0.3, 0.4) is 0 Å². The molecule has 112 valence electrons. The monoisotopic (exact) mass is 281 g/mol. The van der Waals surface area contributed by atoms with Gasteiger partial charge >= 0.3 is 5.97 Å². The number of nitrogens with zero attached hydrogens (tertiary/aromatic N) is 1. The summed E-state index contributed by atoms with van der Waals surface area (Å²) in [6.07, 6.45) is 0. The first kappa shape index (κ1) is 16.3. The molecule has 1 aromatic rings. The lowest BCUT2D eigenvalue weighted by Crippen LogP contribution is -2.31. The Kier molecular flexibility index (Phi) is 6.31. The predicted octanol–water partition coefficient (Wildman–Crippen LogP) is 2.25. The van der Waals surface area contributed by atoms with Gasteiger partial charge < -0.3 is 14.6 Å². The molecule has 0 aliphatic carbocycles. The van der Waals surface area contributed by atoms with E-state index in [-0.39, 0.29) is 5.92 Å². The molecule has 0 amide bonds. The van der Waals surface area contributed by atoms with Crippen molar-refractivity contribution in [2.24, 2.45) is 5.92 Å². The van der Waals surface area contributed by atoms with Crippen LogP contribution in [0.1, 0.15) is 19.4 Å². The number of benzene rings is 1. The molecule has 5 heteroatoms. The van der Waals surface area contributed by atoms with Crippen LogP contribution in [-0.2, 0) is 11.3 Å². The molecule has 5 nitrogen and oxygen atoms in total. The first-order valence-corrected chi connectivity index (χ1v) is 6.67. The number of methoxy groups -OCH3 is 2. The standard InChI is InChI=1S/C15H23NO4/c1-5-16(9-11(2)15(17)18)10-12-6-13(19-3)8-14(7-12)20-4/h6-8,11H,5,9-10H2,1-4H3,(H,17,18). The molecule has 1 aromatic carbocycles. The van der Waals surface area contributed by atoms with Gasteiger partial charge in [0.2, 0.25) is 0 Å². The Morgan fingerprint density at radius 2 is 1.80 bits per heavy atom. The third-order valence-electron chi connectivity index (χ3n) is 3.22. The lowest BCUT2D eigenvalue weighted by Gasteiger charge is -2.23. The van der Waals surface area contributed by atoms with E-state index >= 15 is 0 Å². The Labute approximate surface area is 120 Å². The van der Waals surface area contributed by atoms with E-state index < -0.39 is 5.97 Å². The Bertz CT molecular complexity index is 425. The van der Waals surface area contributed by atoms with E-state index in [1.165, 1.54) is 0 Å². The summed E-state index contributed by atoms with van der Waals surface area (Å²) in [6, 6.07) is 5.70. The third-order valence-corrected chi connectivity index (χ3v) is 3.22. The normalized spacial score (nSPS) is 12.2. The summed E-state index contributed by atoms with van der Waals surface area (Å²) in [4.78, 5) is 13.0. The minimum Gasteiger partial charge on any atom is -0.497 e. The zero-order chi connectivity index (χ0) is 15.1. The molecule has 20 heavy (non-hydrogen) atoms. The van der Waals surface area contributed by atoms with E-state index in [2.05, 4.69) is 4.90 Å². The number of hydrogen-bond acceptors (Lipinski definition) is 4. The highest BCUT2D eigenvalue weighted by Crippen LogP contribution is 2.23. The Hall–Kier alpha value is -1.75. The van der Waals surface area contributed by atoms with Crippen molar-refractivity contribution in [3.8, 4) is 11.5 Å². The molecular weight excluding hydrogens is 258 g/mol. The number of carboxylic acid groups (broad SMARTS) is 1. The van der Waals surface area contributed by atoms with Crippen LogP contribution in [0.15, 0.2) is 18.2 Å². The lowest BCUT2D eigenvalue weighted by atomic mass is 10.1. The fourth-order valence-corrected chi connectivity index (χ4v) is 1.99. The van der Waals surface area contributed by atoms with Crippen LogP contribution < -0.4 is 9.47 Å². The number of ether oxygens (including phenoxy) is 2. The van der Waals surface area contributed by atoms with Crippen molar-refractivity contribution in [2.45, 2.75) is 20.4 Å². The summed E-state index contributed by atoms with van der Waals surface area (Å²) in [5.41, 5.74) is 1.04. The molecule has 0 bridgehead atoms. The average Bonchev–Trinajstić information content (AvgIpc) is 2.45. The van der Waals surface area contributed by atoms with E-state index in [1.54, 1.807) is 21.1 Å². The number of carboxylic acids is 1. The van der Waals surface area contributed by atoms with Gasteiger partial charge in [0, 0.05) is 19.2 Å². The molecule has 0 heterocycles. The predicted molar refractivity (Wildman–Crippen MR) is 77.3 cm³/mol. The lowest BCUT2D eigenvalue weighted by molar-refractivity contribution is -0.141. The summed E-state index contributed by atoms with van der Waals surface area (Å²) in [7, 11) is 3.23. The van der Waals surface area contributed by atoms with Crippen molar-refractivity contribution in [1.29, 1.82) is 0 Å². The molecule has 1 rings (SSSR count). The van der Waals surface area contributed by atoms with Crippen LogP contribution in [0.25, 0.3) is 0 Å². The minimum atomic E-state index is -0.772. The van der Waals surface area contributed by atoms with Crippen molar-refractivity contribution in [2.75, 3.05) is 27.3 Å². The molecule has 0 fully saturated rings. The van der Waals surface area contributed by atoms with Gasteiger partial charge in [-0.25, -0.2) is 0 Å². The average molecular weight is 281 g/mol. The fraction of sp³-hybridized carbons (Fsp3) is 0.533.